The number of carboxylic acid groups (broad SMARTS) is 1. The summed E-state index contributed by atoms with van der Waals surface area (Å²) >= 11 is 0. The van der Waals surface area contributed by atoms with Crippen LogP contribution < -0.4 is 5.73 Å². The summed E-state index contributed by atoms with van der Waals surface area (Å²) in [4.78, 5) is 18.4. The summed E-state index contributed by atoms with van der Waals surface area (Å²) < 4.78 is 13.0. The van der Waals surface area contributed by atoms with Crippen molar-refractivity contribution in [2.45, 2.75) is 12.8 Å². The van der Waals surface area contributed by atoms with Crippen LogP contribution in [0.15, 0.2) is 18.2 Å². The van der Waals surface area contributed by atoms with Gasteiger partial charge in [-0.1, -0.05) is 0 Å². The highest BCUT2D eigenvalue weighted by Crippen LogP contribution is 2.19. The number of hydrogen-bond acceptors (Lipinski definition) is 4. The van der Waals surface area contributed by atoms with E-state index in [1.807, 2.05) is 0 Å². The quantitative estimate of drug-likeness (QED) is 0.838. The summed E-state index contributed by atoms with van der Waals surface area (Å²) in [5.41, 5.74) is 6.40. The molecule has 0 atom stereocenters. The van der Waals surface area contributed by atoms with Gasteiger partial charge in [0, 0.05) is 17.9 Å². The SMILES string of the molecule is Nc1nc(CCC(=O)O)c2ccc(F)cc2n1. The first-order chi connectivity index (χ1) is 8.06. The highest BCUT2D eigenvalue weighted by molar-refractivity contribution is 5.82. The Morgan fingerprint density at radius 3 is 2.88 bits per heavy atom. The van der Waals surface area contributed by atoms with Crippen LogP contribution in [0.2, 0.25) is 0 Å². The minimum atomic E-state index is -0.919. The van der Waals surface area contributed by atoms with Crippen molar-refractivity contribution in [2.24, 2.45) is 0 Å². The molecule has 0 spiro atoms. The van der Waals surface area contributed by atoms with Crippen LogP contribution in [0.25, 0.3) is 10.9 Å². The fourth-order valence-electron chi connectivity index (χ4n) is 1.60. The maximum atomic E-state index is 13.0. The maximum Gasteiger partial charge on any atom is 0.303 e. The lowest BCUT2D eigenvalue weighted by Crippen LogP contribution is -2.04. The van der Waals surface area contributed by atoms with E-state index in [-0.39, 0.29) is 18.8 Å². The van der Waals surface area contributed by atoms with Gasteiger partial charge in [-0.2, -0.15) is 0 Å². The lowest BCUT2D eigenvalue weighted by Gasteiger charge is -2.05. The number of carbonyl (C=O) groups is 1. The molecule has 1 heterocycles. The molecule has 0 bridgehead atoms. The van der Waals surface area contributed by atoms with Gasteiger partial charge >= 0.3 is 5.97 Å². The highest BCUT2D eigenvalue weighted by atomic mass is 19.1. The summed E-state index contributed by atoms with van der Waals surface area (Å²) in [5, 5.41) is 9.25. The molecule has 2 aromatic rings. The number of fused-ring (bicyclic) bond motifs is 1. The predicted octanol–water partition coefficient (Wildman–Crippen LogP) is 1.37. The number of hydrogen-bond donors (Lipinski definition) is 2. The van der Waals surface area contributed by atoms with E-state index in [0.717, 1.165) is 0 Å². The molecule has 88 valence electrons. The third kappa shape index (κ3) is 2.47. The molecule has 17 heavy (non-hydrogen) atoms. The van der Waals surface area contributed by atoms with Crippen LogP contribution in [-0.2, 0) is 11.2 Å². The Morgan fingerprint density at radius 1 is 1.41 bits per heavy atom. The molecule has 0 amide bonds. The third-order valence-corrected chi connectivity index (χ3v) is 2.33. The van der Waals surface area contributed by atoms with Gasteiger partial charge in [-0.15, -0.1) is 0 Å². The second-order valence-electron chi connectivity index (χ2n) is 3.58. The van der Waals surface area contributed by atoms with E-state index in [1.54, 1.807) is 0 Å². The highest BCUT2D eigenvalue weighted by Gasteiger charge is 2.08. The molecule has 0 saturated carbocycles. The summed E-state index contributed by atoms with van der Waals surface area (Å²) in [7, 11) is 0. The van der Waals surface area contributed by atoms with Crippen molar-refractivity contribution in [1.82, 2.24) is 9.97 Å². The fourth-order valence-corrected chi connectivity index (χ4v) is 1.60. The molecule has 1 aromatic heterocycles. The number of aryl methyl sites for hydroxylation is 1. The maximum absolute atomic E-state index is 13.0. The number of benzene rings is 1. The van der Waals surface area contributed by atoms with Crippen LogP contribution in [0.3, 0.4) is 0 Å². The molecular weight excluding hydrogens is 225 g/mol. The molecule has 1 aromatic carbocycles. The normalized spacial score (nSPS) is 10.6. The molecule has 0 aliphatic rings. The van der Waals surface area contributed by atoms with Gasteiger partial charge in [-0.3, -0.25) is 4.79 Å². The zero-order valence-corrected chi connectivity index (χ0v) is 8.85. The average molecular weight is 235 g/mol. The smallest absolute Gasteiger partial charge is 0.303 e. The zero-order chi connectivity index (χ0) is 12.4. The van der Waals surface area contributed by atoms with Crippen molar-refractivity contribution in [1.29, 1.82) is 0 Å². The second kappa shape index (κ2) is 4.32. The van der Waals surface area contributed by atoms with Crippen molar-refractivity contribution < 1.29 is 14.3 Å². The number of aromatic nitrogens is 2. The number of nitrogens with zero attached hydrogens (tertiary/aromatic N) is 2. The minimum Gasteiger partial charge on any atom is -0.481 e. The Bertz CT molecular complexity index is 581. The van der Waals surface area contributed by atoms with Crippen LogP contribution in [0, 0.1) is 5.82 Å². The third-order valence-electron chi connectivity index (χ3n) is 2.33. The molecule has 0 aliphatic heterocycles. The van der Waals surface area contributed by atoms with Crippen molar-refractivity contribution in [3.8, 4) is 0 Å². The summed E-state index contributed by atoms with van der Waals surface area (Å²) in [6.45, 7) is 0. The van der Waals surface area contributed by atoms with Crippen LogP contribution in [0.1, 0.15) is 12.1 Å². The van der Waals surface area contributed by atoms with Gasteiger partial charge in [0.15, 0.2) is 0 Å². The number of nitrogens with two attached hydrogens (primary N) is 1. The minimum absolute atomic E-state index is 0.0171. The monoisotopic (exact) mass is 235 g/mol. The van der Waals surface area contributed by atoms with Crippen LogP contribution >= 0.6 is 0 Å². The zero-order valence-electron chi connectivity index (χ0n) is 8.85. The van der Waals surface area contributed by atoms with Crippen LogP contribution in [-0.4, -0.2) is 21.0 Å². The van der Waals surface area contributed by atoms with Gasteiger partial charge in [0.25, 0.3) is 0 Å². The fraction of sp³-hybridized carbons (Fsp3) is 0.182. The molecular formula is C11H10FN3O2. The lowest BCUT2D eigenvalue weighted by molar-refractivity contribution is -0.136. The second-order valence-corrected chi connectivity index (χ2v) is 3.58. The van der Waals surface area contributed by atoms with Gasteiger partial charge in [-0.25, -0.2) is 14.4 Å². The van der Waals surface area contributed by atoms with Gasteiger partial charge in [0.2, 0.25) is 5.95 Å². The largest absolute Gasteiger partial charge is 0.481 e. The number of rotatable bonds is 3. The standard InChI is InChI=1S/C11H10FN3O2/c12-6-1-2-7-8(3-4-10(16)17)14-11(13)15-9(7)5-6/h1-2,5H,3-4H2,(H,16,17)(H2,13,14,15). The summed E-state index contributed by atoms with van der Waals surface area (Å²) in [6.07, 6.45) is 0.188. The van der Waals surface area contributed by atoms with E-state index in [2.05, 4.69) is 9.97 Å². The van der Waals surface area contributed by atoms with E-state index >= 15 is 0 Å². The first-order valence-electron chi connectivity index (χ1n) is 4.99. The summed E-state index contributed by atoms with van der Waals surface area (Å²) in [6, 6.07) is 4.06. The lowest BCUT2D eigenvalue weighted by atomic mass is 10.1. The van der Waals surface area contributed by atoms with Crippen molar-refractivity contribution in [3.05, 3.63) is 29.7 Å². The summed E-state index contributed by atoms with van der Waals surface area (Å²) in [5.74, 6) is -1.32. The van der Waals surface area contributed by atoms with E-state index in [4.69, 9.17) is 10.8 Å². The Balaban J connectivity index is 2.50. The molecule has 2 rings (SSSR count). The Hall–Kier alpha value is -2.24. The van der Waals surface area contributed by atoms with Crippen molar-refractivity contribution >= 4 is 22.8 Å². The van der Waals surface area contributed by atoms with E-state index in [1.165, 1.54) is 18.2 Å². The Kier molecular flexibility index (Phi) is 2.86. The van der Waals surface area contributed by atoms with Crippen LogP contribution in [0.5, 0.6) is 0 Å². The first-order valence-corrected chi connectivity index (χ1v) is 4.99. The molecule has 3 N–H and O–H groups in total. The van der Waals surface area contributed by atoms with E-state index < -0.39 is 11.8 Å². The number of anilines is 1. The molecule has 5 nitrogen and oxygen atoms in total. The molecule has 6 heteroatoms. The predicted molar refractivity (Wildman–Crippen MR) is 59.9 cm³/mol. The number of nitrogen functional groups attached to an aromatic ring is 1. The average Bonchev–Trinajstić information content (AvgIpc) is 2.24. The molecule has 0 aliphatic carbocycles. The van der Waals surface area contributed by atoms with E-state index in [9.17, 15) is 9.18 Å². The van der Waals surface area contributed by atoms with Gasteiger partial charge in [0.1, 0.15) is 5.82 Å². The Morgan fingerprint density at radius 2 is 2.18 bits per heavy atom. The Labute approximate surface area is 96.1 Å². The number of halogens is 1. The topological polar surface area (TPSA) is 89.1 Å². The van der Waals surface area contributed by atoms with Crippen molar-refractivity contribution in [2.75, 3.05) is 5.73 Å². The van der Waals surface area contributed by atoms with Gasteiger partial charge in [-0.05, 0) is 12.1 Å². The van der Waals surface area contributed by atoms with Crippen LogP contribution in [0.4, 0.5) is 10.3 Å². The van der Waals surface area contributed by atoms with Crippen molar-refractivity contribution in [3.63, 3.8) is 0 Å². The van der Waals surface area contributed by atoms with E-state index in [0.29, 0.717) is 16.6 Å². The molecule has 0 radical (unpaired) electrons. The van der Waals surface area contributed by atoms with Gasteiger partial charge < -0.3 is 10.8 Å². The first kappa shape index (κ1) is 11.3. The van der Waals surface area contributed by atoms with Gasteiger partial charge in [0.05, 0.1) is 17.6 Å². The molecule has 0 fully saturated rings. The number of aliphatic carboxylic acids is 1. The number of carboxylic acids is 1. The molecule has 0 saturated heterocycles. The molecule has 0 unspecified atom stereocenters.